The molecule has 2 rings (SSSR count). The fraction of sp³-hybridized carbons (Fsp3) is 0.364. The van der Waals surface area contributed by atoms with Gasteiger partial charge in [0, 0.05) is 29.7 Å². The van der Waals surface area contributed by atoms with E-state index in [0.717, 1.165) is 13.0 Å². The number of hydrogen-bond acceptors (Lipinski definition) is 2. The minimum absolute atomic E-state index is 0.0189. The van der Waals surface area contributed by atoms with Gasteiger partial charge in [-0.1, -0.05) is 17.7 Å². The molecule has 1 aliphatic rings. The molecule has 1 aliphatic heterocycles. The van der Waals surface area contributed by atoms with Crippen LogP contribution in [0, 0.1) is 0 Å². The normalized spacial score (nSPS) is 20.7. The summed E-state index contributed by atoms with van der Waals surface area (Å²) in [5.74, 6) is 0.0189. The minimum atomic E-state index is 0.0189. The van der Waals surface area contributed by atoms with Crippen molar-refractivity contribution < 1.29 is 4.79 Å². The van der Waals surface area contributed by atoms with Gasteiger partial charge in [-0.2, -0.15) is 0 Å². The molecule has 1 aromatic carbocycles. The molecule has 0 unspecified atom stereocenters. The number of hydrogen-bond donors (Lipinski definition) is 1. The summed E-state index contributed by atoms with van der Waals surface area (Å²) in [6.45, 7) is 1.39. The molecule has 0 saturated carbocycles. The lowest BCUT2D eigenvalue weighted by molar-refractivity contribution is 0.0791. The van der Waals surface area contributed by atoms with Crippen molar-refractivity contribution in [3.63, 3.8) is 0 Å². The van der Waals surface area contributed by atoms with Crippen molar-refractivity contribution in [2.24, 2.45) is 5.73 Å². The second-order valence-corrected chi connectivity index (χ2v) is 4.25. The Bertz CT molecular complexity index is 381. The molecule has 0 aliphatic carbocycles. The molecule has 1 atom stereocenters. The second kappa shape index (κ2) is 4.21. The lowest BCUT2D eigenvalue weighted by Crippen LogP contribution is -2.31. The van der Waals surface area contributed by atoms with Gasteiger partial charge in [-0.15, -0.1) is 0 Å². The van der Waals surface area contributed by atoms with Crippen LogP contribution in [0.25, 0.3) is 0 Å². The smallest absolute Gasteiger partial charge is 0.253 e. The molecule has 15 heavy (non-hydrogen) atoms. The largest absolute Gasteiger partial charge is 0.337 e. The predicted molar refractivity (Wildman–Crippen MR) is 59.9 cm³/mol. The van der Waals surface area contributed by atoms with E-state index in [-0.39, 0.29) is 11.9 Å². The van der Waals surface area contributed by atoms with Crippen LogP contribution < -0.4 is 5.73 Å². The van der Waals surface area contributed by atoms with Crippen LogP contribution >= 0.6 is 11.6 Å². The van der Waals surface area contributed by atoms with Gasteiger partial charge < -0.3 is 10.6 Å². The van der Waals surface area contributed by atoms with Crippen molar-refractivity contribution in [2.75, 3.05) is 13.1 Å². The summed E-state index contributed by atoms with van der Waals surface area (Å²) >= 11 is 5.83. The number of halogens is 1. The predicted octanol–water partition coefficient (Wildman–Crippen LogP) is 1.51. The zero-order valence-electron chi connectivity index (χ0n) is 8.32. The van der Waals surface area contributed by atoms with E-state index in [9.17, 15) is 4.79 Å². The summed E-state index contributed by atoms with van der Waals surface area (Å²) in [6, 6.07) is 7.12. The third-order valence-corrected chi connectivity index (χ3v) is 2.82. The number of benzene rings is 1. The lowest BCUT2D eigenvalue weighted by Gasteiger charge is -2.15. The zero-order chi connectivity index (χ0) is 10.8. The molecule has 3 nitrogen and oxygen atoms in total. The average molecular weight is 225 g/mol. The Morgan fingerprint density at radius 1 is 1.53 bits per heavy atom. The summed E-state index contributed by atoms with van der Waals surface area (Å²) in [6.07, 6.45) is 0.881. The van der Waals surface area contributed by atoms with Crippen LogP contribution in [0.5, 0.6) is 0 Å². The Balaban J connectivity index is 2.14. The number of carbonyl (C=O) groups is 1. The van der Waals surface area contributed by atoms with Crippen molar-refractivity contribution in [3.8, 4) is 0 Å². The van der Waals surface area contributed by atoms with Gasteiger partial charge in [-0.05, 0) is 24.6 Å². The highest BCUT2D eigenvalue weighted by atomic mass is 35.5. The highest BCUT2D eigenvalue weighted by molar-refractivity contribution is 6.30. The first-order valence-corrected chi connectivity index (χ1v) is 5.35. The van der Waals surface area contributed by atoms with E-state index in [0.29, 0.717) is 17.1 Å². The Hall–Kier alpha value is -1.06. The Labute approximate surface area is 93.8 Å². The molecule has 2 N–H and O–H groups in total. The van der Waals surface area contributed by atoms with Crippen molar-refractivity contribution in [1.82, 2.24) is 4.90 Å². The van der Waals surface area contributed by atoms with Gasteiger partial charge in [0.05, 0.1) is 0 Å². The van der Waals surface area contributed by atoms with Crippen molar-refractivity contribution in [2.45, 2.75) is 12.5 Å². The number of nitrogens with zero attached hydrogens (tertiary/aromatic N) is 1. The monoisotopic (exact) mass is 224 g/mol. The Morgan fingerprint density at radius 3 is 2.93 bits per heavy atom. The van der Waals surface area contributed by atoms with E-state index in [1.807, 2.05) is 0 Å². The Kier molecular flexibility index (Phi) is 2.93. The van der Waals surface area contributed by atoms with E-state index < -0.39 is 0 Å². The molecule has 0 radical (unpaired) electrons. The first kappa shape index (κ1) is 10.5. The summed E-state index contributed by atoms with van der Waals surface area (Å²) in [5, 5.41) is 0.587. The molecule has 0 aromatic heterocycles. The maximum atomic E-state index is 12.0. The Morgan fingerprint density at radius 2 is 2.33 bits per heavy atom. The molecule has 1 heterocycles. The lowest BCUT2D eigenvalue weighted by atomic mass is 10.2. The number of likely N-dealkylation sites (tertiary alicyclic amines) is 1. The topological polar surface area (TPSA) is 46.3 Å². The van der Waals surface area contributed by atoms with Crippen LogP contribution in [0.1, 0.15) is 16.8 Å². The quantitative estimate of drug-likeness (QED) is 0.786. The third kappa shape index (κ3) is 2.30. The van der Waals surface area contributed by atoms with Crippen LogP contribution in [0.2, 0.25) is 5.02 Å². The average Bonchev–Trinajstić information content (AvgIpc) is 2.64. The molecule has 4 heteroatoms. The van der Waals surface area contributed by atoms with Crippen LogP contribution in [0.15, 0.2) is 24.3 Å². The summed E-state index contributed by atoms with van der Waals surface area (Å²) in [7, 11) is 0. The number of nitrogens with two attached hydrogens (primary N) is 1. The van der Waals surface area contributed by atoms with E-state index in [1.165, 1.54) is 0 Å². The van der Waals surface area contributed by atoms with Crippen LogP contribution in [-0.2, 0) is 0 Å². The van der Waals surface area contributed by atoms with Gasteiger partial charge in [0.1, 0.15) is 0 Å². The van der Waals surface area contributed by atoms with Gasteiger partial charge in [0.25, 0.3) is 5.91 Å². The van der Waals surface area contributed by atoms with Gasteiger partial charge >= 0.3 is 0 Å². The minimum Gasteiger partial charge on any atom is -0.337 e. The molecular weight excluding hydrogens is 212 g/mol. The molecule has 1 fully saturated rings. The SMILES string of the molecule is N[C@H]1CCN(C(=O)c2cccc(Cl)c2)C1. The molecule has 80 valence electrons. The number of amides is 1. The molecule has 1 aromatic rings. The maximum absolute atomic E-state index is 12.0. The fourth-order valence-corrected chi connectivity index (χ4v) is 1.97. The standard InChI is InChI=1S/C11H13ClN2O/c12-9-3-1-2-8(6-9)11(15)14-5-4-10(13)7-14/h1-3,6,10H,4-5,7,13H2/t10-/m0/s1. The molecule has 1 saturated heterocycles. The molecular formula is C11H13ClN2O. The highest BCUT2D eigenvalue weighted by Crippen LogP contribution is 2.15. The van der Waals surface area contributed by atoms with Crippen LogP contribution in [-0.4, -0.2) is 29.9 Å². The van der Waals surface area contributed by atoms with Gasteiger partial charge in [-0.3, -0.25) is 4.79 Å². The van der Waals surface area contributed by atoms with Gasteiger partial charge in [0.2, 0.25) is 0 Å². The summed E-state index contributed by atoms with van der Waals surface area (Å²) < 4.78 is 0. The second-order valence-electron chi connectivity index (χ2n) is 3.81. The summed E-state index contributed by atoms with van der Waals surface area (Å²) in [4.78, 5) is 13.7. The fourth-order valence-electron chi connectivity index (χ4n) is 1.78. The van der Waals surface area contributed by atoms with Crippen molar-refractivity contribution in [3.05, 3.63) is 34.9 Å². The van der Waals surface area contributed by atoms with Crippen molar-refractivity contribution in [1.29, 1.82) is 0 Å². The van der Waals surface area contributed by atoms with Gasteiger partial charge in [0.15, 0.2) is 0 Å². The zero-order valence-corrected chi connectivity index (χ0v) is 9.07. The van der Waals surface area contributed by atoms with E-state index in [2.05, 4.69) is 0 Å². The van der Waals surface area contributed by atoms with Gasteiger partial charge in [-0.25, -0.2) is 0 Å². The summed E-state index contributed by atoms with van der Waals surface area (Å²) in [5.41, 5.74) is 6.39. The van der Waals surface area contributed by atoms with E-state index >= 15 is 0 Å². The van der Waals surface area contributed by atoms with Crippen molar-refractivity contribution >= 4 is 17.5 Å². The first-order valence-electron chi connectivity index (χ1n) is 4.97. The molecule has 1 amide bonds. The highest BCUT2D eigenvalue weighted by Gasteiger charge is 2.24. The maximum Gasteiger partial charge on any atom is 0.253 e. The number of rotatable bonds is 1. The first-order chi connectivity index (χ1) is 7.16. The van der Waals surface area contributed by atoms with E-state index in [4.69, 9.17) is 17.3 Å². The molecule has 0 spiro atoms. The third-order valence-electron chi connectivity index (χ3n) is 2.58. The van der Waals surface area contributed by atoms with Crippen LogP contribution in [0.4, 0.5) is 0 Å². The van der Waals surface area contributed by atoms with E-state index in [1.54, 1.807) is 29.2 Å². The van der Waals surface area contributed by atoms with Crippen LogP contribution in [0.3, 0.4) is 0 Å². The molecule has 0 bridgehead atoms. The number of carbonyl (C=O) groups excluding carboxylic acids is 1.